The Kier molecular flexibility index (Phi) is 3.30. The second-order valence-corrected chi connectivity index (χ2v) is 6.72. The lowest BCUT2D eigenvalue weighted by molar-refractivity contribution is -0.116. The lowest BCUT2D eigenvalue weighted by atomic mass is 9.82. The molecule has 0 saturated heterocycles. The zero-order valence-corrected chi connectivity index (χ0v) is 13.7. The zero-order chi connectivity index (χ0) is 16.1. The summed E-state index contributed by atoms with van der Waals surface area (Å²) in [7, 11) is 1.86. The number of carbonyl (C=O) groups is 1. The minimum atomic E-state index is -0.108. The molecule has 1 aliphatic heterocycles. The predicted octanol–water partition coefficient (Wildman–Crippen LogP) is 1.80. The van der Waals surface area contributed by atoms with Crippen molar-refractivity contribution >= 4 is 11.7 Å². The normalized spacial score (nSPS) is 18.2. The molecule has 3 heterocycles. The van der Waals surface area contributed by atoms with E-state index < -0.39 is 0 Å². The van der Waals surface area contributed by atoms with E-state index in [9.17, 15) is 4.79 Å². The fourth-order valence-electron chi connectivity index (χ4n) is 3.05. The van der Waals surface area contributed by atoms with Crippen molar-refractivity contribution in [2.75, 3.05) is 5.32 Å². The van der Waals surface area contributed by atoms with Crippen molar-refractivity contribution in [3.8, 4) is 0 Å². The van der Waals surface area contributed by atoms with Gasteiger partial charge in [0.25, 0.3) is 0 Å². The van der Waals surface area contributed by atoms with Gasteiger partial charge in [0.2, 0.25) is 5.91 Å². The molecule has 0 saturated carbocycles. The Morgan fingerprint density at radius 1 is 1.41 bits per heavy atom. The molecule has 2 aromatic heterocycles. The summed E-state index contributed by atoms with van der Waals surface area (Å²) in [5, 5.41) is 11.9. The fourth-order valence-corrected chi connectivity index (χ4v) is 3.05. The van der Waals surface area contributed by atoms with Crippen molar-refractivity contribution in [1.29, 1.82) is 0 Å². The second-order valence-electron chi connectivity index (χ2n) is 6.72. The van der Waals surface area contributed by atoms with Crippen LogP contribution in [0.2, 0.25) is 0 Å². The molecule has 7 nitrogen and oxygen atoms in total. The molecule has 1 amide bonds. The number of aryl methyl sites for hydroxylation is 2. The van der Waals surface area contributed by atoms with Crippen LogP contribution in [-0.2, 0) is 23.8 Å². The van der Waals surface area contributed by atoms with Crippen LogP contribution in [0.25, 0.3) is 0 Å². The Hall–Kier alpha value is -2.18. The predicted molar refractivity (Wildman–Crippen MR) is 82.7 cm³/mol. The lowest BCUT2D eigenvalue weighted by Crippen LogP contribution is -2.28. The van der Waals surface area contributed by atoms with Gasteiger partial charge in [-0.25, -0.2) is 9.67 Å². The van der Waals surface area contributed by atoms with Crippen molar-refractivity contribution in [1.82, 2.24) is 24.5 Å². The first-order chi connectivity index (χ1) is 10.3. The molecule has 0 unspecified atom stereocenters. The summed E-state index contributed by atoms with van der Waals surface area (Å²) in [6.07, 6.45) is 1.93. The summed E-state index contributed by atoms with van der Waals surface area (Å²) >= 11 is 0. The zero-order valence-electron chi connectivity index (χ0n) is 13.7. The first kappa shape index (κ1) is 14.7. The number of amides is 1. The third-order valence-corrected chi connectivity index (χ3v) is 4.05. The van der Waals surface area contributed by atoms with E-state index in [0.29, 0.717) is 6.42 Å². The maximum absolute atomic E-state index is 12.1. The van der Waals surface area contributed by atoms with Crippen molar-refractivity contribution in [3.05, 3.63) is 23.4 Å². The Labute approximate surface area is 129 Å². The minimum Gasteiger partial charge on any atom is -0.311 e. The Balaban J connectivity index is 2.22. The van der Waals surface area contributed by atoms with Crippen molar-refractivity contribution in [3.63, 3.8) is 0 Å². The quantitative estimate of drug-likeness (QED) is 0.917. The molecular formula is C15H22N6O. The lowest BCUT2D eigenvalue weighted by Gasteiger charge is -2.26. The standard InChI is InChI=1S/C15H22N6O/c1-6-21-13(16-8-17-21)9-7-10(22)18-14-11(9)12(15(2,3)4)19-20(14)5/h8-9H,6-7H2,1-5H3,(H,18,22)/t9-/m1/s1. The Bertz CT molecular complexity index is 721. The fraction of sp³-hybridized carbons (Fsp3) is 0.600. The van der Waals surface area contributed by atoms with E-state index in [2.05, 4.69) is 41.3 Å². The van der Waals surface area contributed by atoms with Gasteiger partial charge < -0.3 is 5.32 Å². The van der Waals surface area contributed by atoms with Crippen molar-refractivity contribution in [2.24, 2.45) is 7.05 Å². The minimum absolute atomic E-state index is 0.00777. The Morgan fingerprint density at radius 3 is 2.77 bits per heavy atom. The molecule has 0 aliphatic carbocycles. The van der Waals surface area contributed by atoms with Gasteiger partial charge in [0.15, 0.2) is 0 Å². The largest absolute Gasteiger partial charge is 0.311 e. The number of aromatic nitrogens is 5. The topological polar surface area (TPSA) is 77.6 Å². The molecule has 1 N–H and O–H groups in total. The second kappa shape index (κ2) is 4.93. The molecule has 22 heavy (non-hydrogen) atoms. The van der Waals surface area contributed by atoms with E-state index in [0.717, 1.165) is 29.4 Å². The van der Waals surface area contributed by atoms with Crippen LogP contribution in [0.5, 0.6) is 0 Å². The first-order valence-corrected chi connectivity index (χ1v) is 7.57. The van der Waals surface area contributed by atoms with Gasteiger partial charge in [0, 0.05) is 31.0 Å². The van der Waals surface area contributed by atoms with E-state index >= 15 is 0 Å². The number of hydrogen-bond donors (Lipinski definition) is 1. The molecule has 7 heteroatoms. The van der Waals surface area contributed by atoms with Gasteiger partial charge in [-0.2, -0.15) is 10.2 Å². The number of fused-ring (bicyclic) bond motifs is 1. The summed E-state index contributed by atoms with van der Waals surface area (Å²) in [5.74, 6) is 1.50. The van der Waals surface area contributed by atoms with Crippen LogP contribution in [0.15, 0.2) is 6.33 Å². The number of hydrogen-bond acceptors (Lipinski definition) is 4. The van der Waals surface area contributed by atoms with Crippen LogP contribution in [0, 0.1) is 0 Å². The smallest absolute Gasteiger partial charge is 0.226 e. The van der Waals surface area contributed by atoms with Gasteiger partial charge >= 0.3 is 0 Å². The van der Waals surface area contributed by atoms with Crippen LogP contribution in [0.3, 0.4) is 0 Å². The number of carbonyl (C=O) groups excluding carboxylic acids is 1. The van der Waals surface area contributed by atoms with Gasteiger partial charge in [0.05, 0.1) is 11.6 Å². The van der Waals surface area contributed by atoms with Crippen LogP contribution in [-0.4, -0.2) is 30.5 Å². The molecule has 2 aromatic rings. The molecule has 118 valence electrons. The highest BCUT2D eigenvalue weighted by Gasteiger charge is 2.38. The SMILES string of the molecule is CCn1ncnc1[C@@H]1CC(=O)Nc2c1c(C(C)(C)C)nn2C. The van der Waals surface area contributed by atoms with Gasteiger partial charge in [-0.05, 0) is 6.92 Å². The molecule has 0 spiro atoms. The molecule has 1 atom stereocenters. The van der Waals surface area contributed by atoms with Gasteiger partial charge in [0.1, 0.15) is 18.0 Å². The van der Waals surface area contributed by atoms with E-state index in [4.69, 9.17) is 0 Å². The highest BCUT2D eigenvalue weighted by atomic mass is 16.1. The van der Waals surface area contributed by atoms with E-state index in [1.807, 2.05) is 18.7 Å². The molecule has 0 fully saturated rings. The first-order valence-electron chi connectivity index (χ1n) is 7.57. The van der Waals surface area contributed by atoms with E-state index in [1.54, 1.807) is 11.0 Å². The molecule has 0 bridgehead atoms. The highest BCUT2D eigenvalue weighted by Crippen LogP contribution is 2.41. The molecule has 0 radical (unpaired) electrons. The van der Waals surface area contributed by atoms with E-state index in [-0.39, 0.29) is 17.2 Å². The van der Waals surface area contributed by atoms with Crippen LogP contribution in [0.4, 0.5) is 5.82 Å². The number of anilines is 1. The summed E-state index contributed by atoms with van der Waals surface area (Å²) in [6, 6.07) is 0. The average molecular weight is 302 g/mol. The highest BCUT2D eigenvalue weighted by molar-refractivity contribution is 5.94. The average Bonchev–Trinajstić information content (AvgIpc) is 3.02. The molecule has 3 rings (SSSR count). The molecular weight excluding hydrogens is 280 g/mol. The summed E-state index contributed by atoms with van der Waals surface area (Å²) < 4.78 is 3.61. The summed E-state index contributed by atoms with van der Waals surface area (Å²) in [5.41, 5.74) is 1.96. The number of nitrogens with one attached hydrogen (secondary N) is 1. The molecule has 1 aliphatic rings. The van der Waals surface area contributed by atoms with Crippen molar-refractivity contribution < 1.29 is 4.79 Å². The summed E-state index contributed by atoms with van der Waals surface area (Å²) in [4.78, 5) is 16.5. The number of nitrogens with zero attached hydrogens (tertiary/aromatic N) is 5. The maximum Gasteiger partial charge on any atom is 0.226 e. The third-order valence-electron chi connectivity index (χ3n) is 4.05. The monoisotopic (exact) mass is 302 g/mol. The van der Waals surface area contributed by atoms with Crippen LogP contribution >= 0.6 is 0 Å². The number of rotatable bonds is 2. The van der Waals surface area contributed by atoms with Gasteiger partial charge in [-0.3, -0.25) is 9.48 Å². The van der Waals surface area contributed by atoms with Gasteiger partial charge in [-0.1, -0.05) is 20.8 Å². The molecule has 0 aromatic carbocycles. The van der Waals surface area contributed by atoms with E-state index in [1.165, 1.54) is 0 Å². The van der Waals surface area contributed by atoms with Crippen molar-refractivity contribution in [2.45, 2.75) is 52.0 Å². The van der Waals surface area contributed by atoms with Crippen LogP contribution in [0.1, 0.15) is 57.1 Å². The summed E-state index contributed by atoms with van der Waals surface area (Å²) in [6.45, 7) is 9.15. The third kappa shape index (κ3) is 2.20. The van der Waals surface area contributed by atoms with Gasteiger partial charge in [-0.15, -0.1) is 0 Å². The maximum atomic E-state index is 12.1. The Morgan fingerprint density at radius 2 is 2.14 bits per heavy atom. The van der Waals surface area contributed by atoms with Crippen LogP contribution < -0.4 is 5.32 Å².